The quantitative estimate of drug-likeness (QED) is 0.727. The Labute approximate surface area is 163 Å². The Morgan fingerprint density at radius 3 is 2.78 bits per heavy atom. The number of hydrogen-bond donors (Lipinski definition) is 3. The number of aryl methyl sites for hydroxylation is 1. The minimum absolute atomic E-state index is 0.0983. The summed E-state index contributed by atoms with van der Waals surface area (Å²) < 4.78 is 10.5. The predicted octanol–water partition coefficient (Wildman–Crippen LogP) is 3.70. The zero-order chi connectivity index (χ0) is 19.4. The third kappa shape index (κ3) is 4.28. The lowest BCUT2D eigenvalue weighted by Crippen LogP contribution is -2.44. The van der Waals surface area contributed by atoms with E-state index in [0.29, 0.717) is 22.9 Å². The van der Waals surface area contributed by atoms with Gasteiger partial charge in [0.2, 0.25) is 0 Å². The zero-order valence-corrected chi connectivity index (χ0v) is 16.1. The van der Waals surface area contributed by atoms with Crippen molar-refractivity contribution in [2.24, 2.45) is 0 Å². The van der Waals surface area contributed by atoms with Crippen molar-refractivity contribution >= 4 is 23.3 Å². The first kappa shape index (κ1) is 19.3. The van der Waals surface area contributed by atoms with Gasteiger partial charge in [-0.05, 0) is 60.7 Å². The summed E-state index contributed by atoms with van der Waals surface area (Å²) in [6.07, 6.45) is 2.29. The van der Waals surface area contributed by atoms with E-state index in [1.54, 1.807) is 25.3 Å². The summed E-state index contributed by atoms with van der Waals surface area (Å²) in [5.74, 6) is 1.26. The number of rotatable bonds is 5. The van der Waals surface area contributed by atoms with Gasteiger partial charge in [-0.3, -0.25) is 0 Å². The first-order chi connectivity index (χ1) is 12.9. The standard InChI is InChI=1S/C20H23ClN2O4/c1-26-15-6-7-16-13(10-15)4-3-9-20(16,25)12-22-19(24)23-17-11-14(21)5-8-18(17)27-2/h5-8,10-11,25H,3-4,9,12H2,1-2H3,(H2,22,23,24). The highest BCUT2D eigenvalue weighted by Gasteiger charge is 2.34. The van der Waals surface area contributed by atoms with Gasteiger partial charge < -0.3 is 25.2 Å². The van der Waals surface area contributed by atoms with E-state index < -0.39 is 11.6 Å². The molecule has 6 nitrogen and oxygen atoms in total. The van der Waals surface area contributed by atoms with Crippen LogP contribution < -0.4 is 20.1 Å². The van der Waals surface area contributed by atoms with Crippen LogP contribution in [0, 0.1) is 0 Å². The number of urea groups is 1. The van der Waals surface area contributed by atoms with Crippen molar-refractivity contribution in [2.45, 2.75) is 24.9 Å². The first-order valence-corrected chi connectivity index (χ1v) is 9.11. The van der Waals surface area contributed by atoms with Crippen LogP contribution in [0.2, 0.25) is 5.02 Å². The van der Waals surface area contributed by atoms with Gasteiger partial charge in [0.1, 0.15) is 17.1 Å². The van der Waals surface area contributed by atoms with Crippen molar-refractivity contribution in [3.05, 3.63) is 52.5 Å². The maximum atomic E-state index is 12.3. The lowest BCUT2D eigenvalue weighted by atomic mass is 9.79. The molecule has 0 bridgehead atoms. The van der Waals surface area contributed by atoms with Gasteiger partial charge in [-0.2, -0.15) is 0 Å². The molecule has 1 aliphatic rings. The fourth-order valence-corrected chi connectivity index (χ4v) is 3.59. The van der Waals surface area contributed by atoms with Gasteiger partial charge in [0.25, 0.3) is 0 Å². The zero-order valence-electron chi connectivity index (χ0n) is 15.3. The first-order valence-electron chi connectivity index (χ1n) is 8.73. The smallest absolute Gasteiger partial charge is 0.319 e. The van der Waals surface area contributed by atoms with Crippen molar-refractivity contribution in [1.29, 1.82) is 0 Å². The van der Waals surface area contributed by atoms with Crippen LogP contribution in [-0.4, -0.2) is 31.9 Å². The van der Waals surface area contributed by atoms with E-state index in [9.17, 15) is 9.90 Å². The Bertz CT molecular complexity index is 843. The Morgan fingerprint density at radius 1 is 1.22 bits per heavy atom. The summed E-state index contributed by atoms with van der Waals surface area (Å²) in [5.41, 5.74) is 1.22. The molecule has 0 aromatic heterocycles. The minimum atomic E-state index is -1.12. The number of halogens is 1. The van der Waals surface area contributed by atoms with Gasteiger partial charge in [0.05, 0.1) is 26.5 Å². The number of nitrogens with one attached hydrogen (secondary N) is 2. The second-order valence-electron chi connectivity index (χ2n) is 6.56. The summed E-state index contributed by atoms with van der Waals surface area (Å²) in [7, 11) is 3.13. The Kier molecular flexibility index (Phi) is 5.77. The van der Waals surface area contributed by atoms with Gasteiger partial charge in [0, 0.05) is 5.02 Å². The topological polar surface area (TPSA) is 79.8 Å². The fourth-order valence-electron chi connectivity index (χ4n) is 3.42. The van der Waals surface area contributed by atoms with E-state index in [1.807, 2.05) is 18.2 Å². The molecule has 0 aliphatic heterocycles. The Morgan fingerprint density at radius 2 is 2.04 bits per heavy atom. The van der Waals surface area contributed by atoms with Crippen LogP contribution >= 0.6 is 11.6 Å². The summed E-state index contributed by atoms with van der Waals surface area (Å²) >= 11 is 5.98. The van der Waals surface area contributed by atoms with Crippen molar-refractivity contribution in [3.63, 3.8) is 0 Å². The SMILES string of the molecule is COc1ccc2c(c1)CCCC2(O)CNC(=O)Nc1cc(Cl)ccc1OC. The Balaban J connectivity index is 1.70. The van der Waals surface area contributed by atoms with E-state index in [1.165, 1.54) is 7.11 Å². The molecule has 2 amide bonds. The Hall–Kier alpha value is -2.44. The van der Waals surface area contributed by atoms with Crippen molar-refractivity contribution in [1.82, 2.24) is 5.32 Å². The molecule has 27 heavy (non-hydrogen) atoms. The molecule has 1 atom stereocenters. The second kappa shape index (κ2) is 8.06. The van der Waals surface area contributed by atoms with Crippen molar-refractivity contribution in [2.75, 3.05) is 26.1 Å². The van der Waals surface area contributed by atoms with Crippen LogP contribution in [0.3, 0.4) is 0 Å². The highest BCUT2D eigenvalue weighted by molar-refractivity contribution is 6.31. The maximum absolute atomic E-state index is 12.3. The molecule has 144 valence electrons. The van der Waals surface area contributed by atoms with Crippen LogP contribution in [0.5, 0.6) is 11.5 Å². The maximum Gasteiger partial charge on any atom is 0.319 e. The van der Waals surface area contributed by atoms with Crippen LogP contribution in [0.25, 0.3) is 0 Å². The average Bonchev–Trinajstić information content (AvgIpc) is 2.66. The minimum Gasteiger partial charge on any atom is -0.497 e. The highest BCUT2D eigenvalue weighted by atomic mass is 35.5. The van der Waals surface area contributed by atoms with Gasteiger partial charge in [-0.15, -0.1) is 0 Å². The van der Waals surface area contributed by atoms with Crippen molar-refractivity contribution < 1.29 is 19.4 Å². The summed E-state index contributed by atoms with van der Waals surface area (Å²) in [4.78, 5) is 12.3. The molecular formula is C20H23ClN2O4. The highest BCUT2D eigenvalue weighted by Crippen LogP contribution is 2.36. The number of benzene rings is 2. The average molecular weight is 391 g/mol. The third-order valence-electron chi connectivity index (χ3n) is 4.80. The molecule has 0 fully saturated rings. The molecule has 0 heterocycles. The van der Waals surface area contributed by atoms with Crippen LogP contribution in [-0.2, 0) is 12.0 Å². The summed E-state index contributed by atoms with van der Waals surface area (Å²) in [6.45, 7) is 0.0983. The normalized spacial score (nSPS) is 18.4. The van der Waals surface area contributed by atoms with Crippen LogP contribution in [0.15, 0.2) is 36.4 Å². The molecule has 2 aromatic carbocycles. The largest absolute Gasteiger partial charge is 0.497 e. The van der Waals surface area contributed by atoms with E-state index in [-0.39, 0.29) is 6.54 Å². The number of carbonyl (C=O) groups excluding carboxylic acids is 1. The number of amides is 2. The molecule has 3 N–H and O–H groups in total. The molecule has 7 heteroatoms. The molecule has 0 radical (unpaired) electrons. The molecule has 0 saturated heterocycles. The molecule has 1 unspecified atom stereocenters. The lowest BCUT2D eigenvalue weighted by molar-refractivity contribution is 0.0220. The van der Waals surface area contributed by atoms with Gasteiger partial charge in [0.15, 0.2) is 0 Å². The number of hydrogen-bond acceptors (Lipinski definition) is 4. The number of methoxy groups -OCH3 is 2. The fraction of sp³-hybridized carbons (Fsp3) is 0.350. The van der Waals surface area contributed by atoms with Crippen LogP contribution in [0.4, 0.5) is 10.5 Å². The molecule has 2 aromatic rings. The van der Waals surface area contributed by atoms with Gasteiger partial charge in [-0.25, -0.2) is 4.79 Å². The molecule has 1 aliphatic carbocycles. The molecule has 0 spiro atoms. The summed E-state index contributed by atoms with van der Waals surface area (Å²) in [6, 6.07) is 10.2. The number of carbonyl (C=O) groups is 1. The molecular weight excluding hydrogens is 368 g/mol. The second-order valence-corrected chi connectivity index (χ2v) is 7.00. The van der Waals surface area contributed by atoms with Gasteiger partial charge in [-0.1, -0.05) is 17.7 Å². The predicted molar refractivity (Wildman–Crippen MR) is 105 cm³/mol. The van der Waals surface area contributed by atoms with Crippen molar-refractivity contribution in [3.8, 4) is 11.5 Å². The number of aliphatic hydroxyl groups is 1. The monoisotopic (exact) mass is 390 g/mol. The number of fused-ring (bicyclic) bond motifs is 1. The van der Waals surface area contributed by atoms with E-state index >= 15 is 0 Å². The molecule has 0 saturated carbocycles. The lowest BCUT2D eigenvalue weighted by Gasteiger charge is -2.34. The van der Waals surface area contributed by atoms with Gasteiger partial charge >= 0.3 is 6.03 Å². The molecule has 3 rings (SSSR count). The third-order valence-corrected chi connectivity index (χ3v) is 5.04. The van der Waals surface area contributed by atoms with Crippen LogP contribution in [0.1, 0.15) is 24.0 Å². The van der Waals surface area contributed by atoms with E-state index in [4.69, 9.17) is 21.1 Å². The summed E-state index contributed by atoms with van der Waals surface area (Å²) in [5, 5.41) is 17.1. The van der Waals surface area contributed by atoms with E-state index in [2.05, 4.69) is 10.6 Å². The number of ether oxygens (including phenoxy) is 2. The van der Waals surface area contributed by atoms with E-state index in [0.717, 1.165) is 29.7 Å². The number of anilines is 1.